The summed E-state index contributed by atoms with van der Waals surface area (Å²) in [5.41, 5.74) is 2.50. The van der Waals surface area contributed by atoms with Crippen LogP contribution in [0, 0.1) is 6.92 Å². The Morgan fingerprint density at radius 3 is 2.50 bits per heavy atom. The Hall–Kier alpha value is -0.725. The highest BCUT2D eigenvalue weighted by molar-refractivity contribution is 6.32. The van der Waals surface area contributed by atoms with Gasteiger partial charge in [-0.2, -0.15) is 5.10 Å². The van der Waals surface area contributed by atoms with Crippen molar-refractivity contribution in [3.05, 3.63) is 11.9 Å². The first kappa shape index (κ1) is 5.41. The molecular weight excluding hydrogens is 98.9 g/mol. The average molecular weight is 108 g/mol. The lowest BCUT2D eigenvalue weighted by Crippen LogP contribution is -2.04. The lowest BCUT2D eigenvalue weighted by atomic mass is 9.98. The Kier molecular flexibility index (Phi) is 1.12. The summed E-state index contributed by atoms with van der Waals surface area (Å²) in [7, 11) is 4.00. The molecule has 2 nitrogen and oxygen atoms in total. The fourth-order valence-electron chi connectivity index (χ4n) is 0.608. The van der Waals surface area contributed by atoms with Crippen molar-refractivity contribution in [3.8, 4) is 0 Å². The van der Waals surface area contributed by atoms with Crippen LogP contribution in [-0.4, -0.2) is 17.6 Å². The molecule has 1 aromatic rings. The van der Waals surface area contributed by atoms with Gasteiger partial charge in [0.05, 0.1) is 0 Å². The van der Waals surface area contributed by atoms with Gasteiger partial charge in [-0.05, 0) is 12.4 Å². The zero-order valence-electron chi connectivity index (χ0n) is 5.47. The van der Waals surface area contributed by atoms with Crippen LogP contribution in [0.5, 0.6) is 0 Å². The summed E-state index contributed by atoms with van der Waals surface area (Å²) in [6.45, 7) is 2.06. The van der Waals surface area contributed by atoms with E-state index in [1.54, 1.807) is 0 Å². The van der Waals surface area contributed by atoms with Gasteiger partial charge in [-0.1, -0.05) is 0 Å². The fraction of sp³-hybridized carbons (Fsp3) is 0.400. The Morgan fingerprint density at radius 2 is 2.38 bits per heavy atom. The van der Waals surface area contributed by atoms with E-state index in [1.807, 2.05) is 17.9 Å². The summed E-state index contributed by atoms with van der Waals surface area (Å²) in [5.74, 6) is 0. The topological polar surface area (TPSA) is 17.8 Å². The van der Waals surface area contributed by atoms with Crippen molar-refractivity contribution in [1.82, 2.24) is 9.78 Å². The van der Waals surface area contributed by atoms with E-state index in [9.17, 15) is 0 Å². The molecule has 0 amide bonds. The van der Waals surface area contributed by atoms with E-state index in [0.717, 1.165) is 0 Å². The van der Waals surface area contributed by atoms with Crippen molar-refractivity contribution in [3.63, 3.8) is 0 Å². The van der Waals surface area contributed by atoms with Crippen molar-refractivity contribution >= 4 is 13.3 Å². The van der Waals surface area contributed by atoms with Crippen LogP contribution in [-0.2, 0) is 7.05 Å². The van der Waals surface area contributed by atoms with E-state index in [-0.39, 0.29) is 0 Å². The molecule has 0 saturated carbocycles. The highest BCUT2D eigenvalue weighted by Crippen LogP contribution is 1.84. The average Bonchev–Trinajstić information content (AvgIpc) is 1.98. The third-order valence-electron chi connectivity index (χ3n) is 1.48. The smallest absolute Gasteiger partial charge is 0.143 e. The molecule has 0 bridgehead atoms. The van der Waals surface area contributed by atoms with E-state index >= 15 is 0 Å². The van der Waals surface area contributed by atoms with Crippen LogP contribution in [0.2, 0.25) is 0 Å². The molecule has 0 aliphatic carbocycles. The van der Waals surface area contributed by atoms with Crippen LogP contribution in [0.15, 0.2) is 6.20 Å². The molecule has 0 unspecified atom stereocenters. The van der Waals surface area contributed by atoms with Gasteiger partial charge in [-0.15, -0.1) is 0 Å². The second-order valence-corrected chi connectivity index (χ2v) is 2.04. The second kappa shape index (κ2) is 1.65. The fourth-order valence-corrected chi connectivity index (χ4v) is 0.608. The molecule has 0 aliphatic heterocycles. The maximum Gasteiger partial charge on any atom is 0.143 e. The quantitative estimate of drug-likeness (QED) is 0.389. The molecule has 1 rings (SSSR count). The Balaban J connectivity index is 3.19. The summed E-state index contributed by atoms with van der Waals surface area (Å²) in [4.78, 5) is 0. The molecule has 0 radical (unpaired) electrons. The van der Waals surface area contributed by atoms with E-state index in [0.29, 0.717) is 0 Å². The summed E-state index contributed by atoms with van der Waals surface area (Å²) in [6.07, 6.45) is 1.87. The first-order chi connectivity index (χ1) is 3.72. The zero-order valence-corrected chi connectivity index (χ0v) is 5.47. The molecule has 1 heterocycles. The standard InChI is InChI=1S/C5H9BN2/c1-4-5(6)3-7-8(4)2/h3H,6H2,1-2H3. The van der Waals surface area contributed by atoms with Crippen LogP contribution >= 0.6 is 0 Å². The van der Waals surface area contributed by atoms with Gasteiger partial charge < -0.3 is 0 Å². The van der Waals surface area contributed by atoms with Crippen LogP contribution in [0.4, 0.5) is 0 Å². The molecule has 1 aromatic heterocycles. The van der Waals surface area contributed by atoms with Crippen LogP contribution in [0.25, 0.3) is 0 Å². The number of aryl methyl sites for hydroxylation is 1. The van der Waals surface area contributed by atoms with Crippen molar-refractivity contribution in [2.75, 3.05) is 0 Å². The molecule has 0 aromatic carbocycles. The van der Waals surface area contributed by atoms with Crippen LogP contribution in [0.3, 0.4) is 0 Å². The lowest BCUT2D eigenvalue weighted by Gasteiger charge is -1.91. The molecule has 0 fully saturated rings. The number of hydrogen-bond acceptors (Lipinski definition) is 1. The number of hydrogen-bond donors (Lipinski definition) is 0. The van der Waals surface area contributed by atoms with Crippen molar-refractivity contribution in [1.29, 1.82) is 0 Å². The molecule has 0 spiro atoms. The van der Waals surface area contributed by atoms with E-state index < -0.39 is 0 Å². The van der Waals surface area contributed by atoms with E-state index in [1.165, 1.54) is 11.2 Å². The van der Waals surface area contributed by atoms with Gasteiger partial charge in [0.25, 0.3) is 0 Å². The summed E-state index contributed by atoms with van der Waals surface area (Å²) < 4.78 is 1.87. The Bertz CT molecular complexity index is 173. The van der Waals surface area contributed by atoms with Gasteiger partial charge in [-0.3, -0.25) is 4.68 Å². The minimum Gasteiger partial charge on any atom is -0.274 e. The minimum absolute atomic E-state index is 1.24. The summed E-state index contributed by atoms with van der Waals surface area (Å²) in [6, 6.07) is 0. The van der Waals surface area contributed by atoms with Gasteiger partial charge in [-0.25, -0.2) is 0 Å². The van der Waals surface area contributed by atoms with Crippen molar-refractivity contribution in [2.45, 2.75) is 6.92 Å². The third kappa shape index (κ3) is 0.640. The predicted octanol–water partition coefficient (Wildman–Crippen LogP) is -1.01. The van der Waals surface area contributed by atoms with E-state index in [2.05, 4.69) is 19.9 Å². The first-order valence-electron chi connectivity index (χ1n) is 2.67. The van der Waals surface area contributed by atoms with Crippen molar-refractivity contribution < 1.29 is 0 Å². The maximum atomic E-state index is 4.03. The normalized spacial score (nSPS) is 9.75. The van der Waals surface area contributed by atoms with Crippen molar-refractivity contribution in [2.24, 2.45) is 7.05 Å². The Labute approximate surface area is 49.9 Å². The minimum atomic E-state index is 1.24. The molecule has 3 heteroatoms. The van der Waals surface area contributed by atoms with Gasteiger partial charge in [0.15, 0.2) is 0 Å². The monoisotopic (exact) mass is 108 g/mol. The van der Waals surface area contributed by atoms with Gasteiger partial charge in [0, 0.05) is 18.9 Å². The molecule has 0 N–H and O–H groups in total. The number of rotatable bonds is 0. The lowest BCUT2D eigenvalue weighted by molar-refractivity contribution is 0.741. The first-order valence-corrected chi connectivity index (χ1v) is 2.67. The maximum absolute atomic E-state index is 4.03. The molecule has 0 aliphatic rings. The van der Waals surface area contributed by atoms with Crippen LogP contribution < -0.4 is 5.46 Å². The summed E-state index contributed by atoms with van der Waals surface area (Å²) >= 11 is 0. The SMILES string of the molecule is Bc1cnn(C)c1C. The van der Waals surface area contributed by atoms with E-state index in [4.69, 9.17) is 0 Å². The molecule has 0 saturated heterocycles. The predicted molar refractivity (Wildman–Crippen MR) is 36.1 cm³/mol. The Morgan fingerprint density at radius 1 is 1.75 bits per heavy atom. The van der Waals surface area contributed by atoms with Gasteiger partial charge in [0.1, 0.15) is 7.85 Å². The zero-order chi connectivity index (χ0) is 6.15. The van der Waals surface area contributed by atoms with Gasteiger partial charge in [0.2, 0.25) is 0 Å². The summed E-state index contributed by atoms with van der Waals surface area (Å²) in [5, 5.41) is 4.03. The molecule has 0 atom stereocenters. The highest BCUT2D eigenvalue weighted by Gasteiger charge is 1.93. The number of aromatic nitrogens is 2. The van der Waals surface area contributed by atoms with Crippen LogP contribution in [0.1, 0.15) is 5.69 Å². The van der Waals surface area contributed by atoms with Gasteiger partial charge >= 0.3 is 0 Å². The molecule has 8 heavy (non-hydrogen) atoms. The molecular formula is C5H9BN2. The third-order valence-corrected chi connectivity index (χ3v) is 1.48. The second-order valence-electron chi connectivity index (χ2n) is 2.04. The number of nitrogens with zero attached hydrogens (tertiary/aromatic N) is 2. The highest BCUT2D eigenvalue weighted by atomic mass is 15.2. The largest absolute Gasteiger partial charge is 0.274 e. The molecule has 42 valence electrons.